The lowest BCUT2D eigenvalue weighted by Gasteiger charge is -2.21. The van der Waals surface area contributed by atoms with Crippen molar-refractivity contribution in [2.75, 3.05) is 13.2 Å². The summed E-state index contributed by atoms with van der Waals surface area (Å²) in [6, 6.07) is 2.78. The van der Waals surface area contributed by atoms with Gasteiger partial charge < -0.3 is 24.2 Å². The number of nitrogens with zero attached hydrogens (tertiary/aromatic N) is 1. The summed E-state index contributed by atoms with van der Waals surface area (Å²) < 4.78 is 16.3. The van der Waals surface area contributed by atoms with Crippen LogP contribution in [0.5, 0.6) is 17.2 Å². The van der Waals surface area contributed by atoms with Gasteiger partial charge in [0, 0.05) is 12.1 Å². The van der Waals surface area contributed by atoms with E-state index in [0.717, 1.165) is 0 Å². The van der Waals surface area contributed by atoms with Gasteiger partial charge in [0.1, 0.15) is 24.5 Å². The van der Waals surface area contributed by atoms with Crippen LogP contribution in [0, 0.1) is 0 Å². The van der Waals surface area contributed by atoms with Crippen LogP contribution in [0.25, 0.3) is 11.3 Å². The fourth-order valence-electron chi connectivity index (χ4n) is 1.87. The Bertz CT molecular complexity index is 695. The molecule has 1 aromatic heterocycles. The van der Waals surface area contributed by atoms with Crippen LogP contribution in [-0.2, 0) is 0 Å². The summed E-state index contributed by atoms with van der Waals surface area (Å²) in [6.45, 7) is 0.710. The Morgan fingerprint density at radius 2 is 2.05 bits per heavy atom. The molecule has 0 atom stereocenters. The molecule has 2 heterocycles. The highest BCUT2D eigenvalue weighted by atomic mass is 79.9. The minimum atomic E-state index is -1.22. The molecule has 20 heavy (non-hydrogen) atoms. The summed E-state index contributed by atoms with van der Waals surface area (Å²) in [5.74, 6) is -0.542. The summed E-state index contributed by atoms with van der Waals surface area (Å²) in [7, 11) is 0. The van der Waals surface area contributed by atoms with Gasteiger partial charge in [-0.15, -0.1) is 0 Å². The lowest BCUT2D eigenvalue weighted by atomic mass is 10.1. The standard InChI is InChI=1S/C12H8BrNO6/c13-5-3-8-11(19-2-1-18-8)9(10(5)15)7-4-6(12(16)17)14-20-7/h3-4,15H,1-2H2,(H,16,17). The number of benzene rings is 1. The fraction of sp³-hybridized carbons (Fsp3) is 0.167. The number of carboxylic acids is 1. The van der Waals surface area contributed by atoms with E-state index in [2.05, 4.69) is 21.1 Å². The Labute approximate surface area is 120 Å². The molecular formula is C12H8BrNO6. The number of phenols is 1. The van der Waals surface area contributed by atoms with E-state index >= 15 is 0 Å². The number of aromatic nitrogens is 1. The van der Waals surface area contributed by atoms with Crippen molar-refractivity contribution in [3.8, 4) is 28.6 Å². The Morgan fingerprint density at radius 1 is 1.30 bits per heavy atom. The molecule has 104 valence electrons. The maximum atomic E-state index is 10.8. The number of carboxylic acid groups (broad SMARTS) is 1. The molecule has 1 aromatic carbocycles. The second-order valence-electron chi connectivity index (χ2n) is 3.99. The second kappa shape index (κ2) is 4.71. The van der Waals surface area contributed by atoms with Crippen molar-refractivity contribution in [2.24, 2.45) is 0 Å². The number of hydrogen-bond donors (Lipinski definition) is 2. The van der Waals surface area contributed by atoms with Crippen molar-refractivity contribution in [3.63, 3.8) is 0 Å². The molecule has 0 bridgehead atoms. The van der Waals surface area contributed by atoms with E-state index in [1.807, 2.05) is 0 Å². The van der Waals surface area contributed by atoms with Crippen LogP contribution in [0.15, 0.2) is 21.1 Å². The number of aromatic carboxylic acids is 1. The number of phenolic OH excluding ortho intramolecular Hbond substituents is 1. The van der Waals surface area contributed by atoms with Crippen molar-refractivity contribution in [1.29, 1.82) is 0 Å². The monoisotopic (exact) mass is 341 g/mol. The number of aromatic hydroxyl groups is 1. The topological polar surface area (TPSA) is 102 Å². The average molecular weight is 342 g/mol. The SMILES string of the molecule is O=C(O)c1cc(-c2c(O)c(Br)cc3c2OCCO3)on1. The number of ether oxygens (including phenoxy) is 2. The molecule has 0 spiro atoms. The van der Waals surface area contributed by atoms with Gasteiger partial charge in [0.05, 0.1) is 4.47 Å². The van der Waals surface area contributed by atoms with Gasteiger partial charge in [-0.25, -0.2) is 4.79 Å². The van der Waals surface area contributed by atoms with Crippen LogP contribution >= 0.6 is 15.9 Å². The average Bonchev–Trinajstić information content (AvgIpc) is 2.90. The van der Waals surface area contributed by atoms with Gasteiger partial charge in [-0.2, -0.15) is 0 Å². The highest BCUT2D eigenvalue weighted by Gasteiger charge is 2.26. The van der Waals surface area contributed by atoms with Crippen LogP contribution < -0.4 is 9.47 Å². The number of fused-ring (bicyclic) bond motifs is 1. The third-order valence-electron chi connectivity index (χ3n) is 2.73. The van der Waals surface area contributed by atoms with E-state index in [9.17, 15) is 9.90 Å². The van der Waals surface area contributed by atoms with Gasteiger partial charge in [0.25, 0.3) is 0 Å². The first kappa shape index (κ1) is 12.8. The first-order valence-corrected chi connectivity index (χ1v) is 6.38. The molecule has 0 fully saturated rings. The van der Waals surface area contributed by atoms with Crippen LogP contribution in [0.2, 0.25) is 0 Å². The molecule has 8 heteroatoms. The molecule has 7 nitrogen and oxygen atoms in total. The number of rotatable bonds is 2. The van der Waals surface area contributed by atoms with Gasteiger partial charge >= 0.3 is 5.97 Å². The Balaban J connectivity index is 2.20. The largest absolute Gasteiger partial charge is 0.506 e. The van der Waals surface area contributed by atoms with Gasteiger partial charge in [-0.1, -0.05) is 5.16 Å². The predicted octanol–water partition coefficient (Wildman–Crippen LogP) is 2.28. The quantitative estimate of drug-likeness (QED) is 0.863. The molecule has 0 unspecified atom stereocenters. The molecule has 0 amide bonds. The number of carbonyl (C=O) groups is 1. The number of halogens is 1. The second-order valence-corrected chi connectivity index (χ2v) is 4.84. The van der Waals surface area contributed by atoms with E-state index in [4.69, 9.17) is 19.1 Å². The van der Waals surface area contributed by atoms with Crippen molar-refractivity contribution in [2.45, 2.75) is 0 Å². The molecule has 1 aliphatic rings. The maximum absolute atomic E-state index is 10.8. The van der Waals surface area contributed by atoms with Crippen LogP contribution in [0.4, 0.5) is 0 Å². The first-order chi connectivity index (χ1) is 9.58. The van der Waals surface area contributed by atoms with Crippen LogP contribution in [0.1, 0.15) is 10.5 Å². The normalized spacial score (nSPS) is 13.2. The summed E-state index contributed by atoms with van der Waals surface area (Å²) in [4.78, 5) is 10.8. The van der Waals surface area contributed by atoms with Gasteiger partial charge in [0.15, 0.2) is 23.0 Å². The molecule has 3 rings (SSSR count). The summed E-state index contributed by atoms with van der Waals surface area (Å²) in [5.41, 5.74) is -0.0565. The van der Waals surface area contributed by atoms with Crippen molar-refractivity contribution in [3.05, 3.63) is 22.3 Å². The molecule has 0 saturated carbocycles. The van der Waals surface area contributed by atoms with E-state index in [-0.39, 0.29) is 22.8 Å². The third-order valence-corrected chi connectivity index (χ3v) is 3.34. The molecular weight excluding hydrogens is 334 g/mol. The predicted molar refractivity (Wildman–Crippen MR) is 69.3 cm³/mol. The summed E-state index contributed by atoms with van der Waals surface area (Å²) in [5, 5.41) is 22.4. The van der Waals surface area contributed by atoms with Gasteiger partial charge in [0.2, 0.25) is 0 Å². The molecule has 0 saturated heterocycles. The van der Waals surface area contributed by atoms with E-state index in [0.29, 0.717) is 29.2 Å². The Hall–Kier alpha value is -2.22. The lowest BCUT2D eigenvalue weighted by molar-refractivity contribution is 0.0686. The fourth-order valence-corrected chi connectivity index (χ4v) is 2.27. The highest BCUT2D eigenvalue weighted by Crippen LogP contribution is 2.49. The van der Waals surface area contributed by atoms with Crippen molar-refractivity contribution < 1.29 is 29.0 Å². The minimum absolute atomic E-state index is 0.0861. The zero-order valence-corrected chi connectivity index (χ0v) is 11.5. The van der Waals surface area contributed by atoms with Gasteiger partial charge in [-0.05, 0) is 15.9 Å². The molecule has 2 aromatic rings. The van der Waals surface area contributed by atoms with Crippen LogP contribution in [-0.4, -0.2) is 34.6 Å². The van der Waals surface area contributed by atoms with E-state index in [1.54, 1.807) is 6.07 Å². The first-order valence-electron chi connectivity index (χ1n) is 5.59. The van der Waals surface area contributed by atoms with Crippen LogP contribution in [0.3, 0.4) is 0 Å². The zero-order chi connectivity index (χ0) is 14.3. The molecule has 0 aliphatic carbocycles. The van der Waals surface area contributed by atoms with E-state index in [1.165, 1.54) is 6.07 Å². The minimum Gasteiger partial charge on any atom is -0.506 e. The molecule has 1 aliphatic heterocycles. The van der Waals surface area contributed by atoms with Crippen molar-refractivity contribution in [1.82, 2.24) is 5.16 Å². The lowest BCUT2D eigenvalue weighted by Crippen LogP contribution is -2.16. The summed E-state index contributed by atoms with van der Waals surface area (Å²) in [6.07, 6.45) is 0. The zero-order valence-electron chi connectivity index (χ0n) is 9.92. The third kappa shape index (κ3) is 1.97. The van der Waals surface area contributed by atoms with E-state index < -0.39 is 5.97 Å². The smallest absolute Gasteiger partial charge is 0.358 e. The maximum Gasteiger partial charge on any atom is 0.358 e. The van der Waals surface area contributed by atoms with Crippen molar-refractivity contribution >= 4 is 21.9 Å². The highest BCUT2D eigenvalue weighted by molar-refractivity contribution is 9.10. The summed E-state index contributed by atoms with van der Waals surface area (Å²) >= 11 is 3.19. The molecule has 2 N–H and O–H groups in total. The van der Waals surface area contributed by atoms with Gasteiger partial charge in [-0.3, -0.25) is 0 Å². The Kier molecular flexibility index (Phi) is 3.01. The number of hydrogen-bond acceptors (Lipinski definition) is 6. The molecule has 0 radical (unpaired) electrons. The Morgan fingerprint density at radius 3 is 2.75 bits per heavy atom.